The minimum Gasteiger partial charge on any atom is -0.480 e. The van der Waals surface area contributed by atoms with Crippen LogP contribution in [0.1, 0.15) is 0 Å². The fraction of sp³-hybridized carbons (Fsp3) is 0.400. The summed E-state index contributed by atoms with van der Waals surface area (Å²) >= 11 is 0. The van der Waals surface area contributed by atoms with Crippen molar-refractivity contribution in [3.8, 4) is 0 Å². The topological polar surface area (TPSA) is 94.9 Å². The van der Waals surface area contributed by atoms with Crippen LogP contribution >= 0.6 is 0 Å². The summed E-state index contributed by atoms with van der Waals surface area (Å²) in [5.74, 6) is -3.69. The van der Waals surface area contributed by atoms with E-state index in [2.05, 4.69) is 0 Å². The number of hydrogen-bond donors (Lipinski definition) is 2. The van der Waals surface area contributed by atoms with Crippen molar-refractivity contribution in [1.29, 1.82) is 0 Å². The van der Waals surface area contributed by atoms with Crippen LogP contribution in [-0.4, -0.2) is 53.8 Å². The molecule has 1 amide bonds. The van der Waals surface area contributed by atoms with Gasteiger partial charge in [0.2, 0.25) is 7.85 Å². The Morgan fingerprint density at radius 2 is 1.42 bits per heavy atom. The Labute approximate surface area is 69.2 Å². The molecule has 0 atom stereocenters. The van der Waals surface area contributed by atoms with E-state index >= 15 is 0 Å². The summed E-state index contributed by atoms with van der Waals surface area (Å²) in [6.45, 7) is -1.41. The molecule has 64 valence electrons. The monoisotopic (exact) mass is 171 g/mol. The van der Waals surface area contributed by atoms with Gasteiger partial charge in [-0.05, 0) is 0 Å². The number of amides is 1. The van der Waals surface area contributed by atoms with E-state index in [0.29, 0.717) is 4.90 Å². The summed E-state index contributed by atoms with van der Waals surface area (Å²) in [5, 5.41) is 16.4. The molecule has 0 unspecified atom stereocenters. The molecule has 0 aromatic rings. The van der Waals surface area contributed by atoms with Crippen LogP contribution in [-0.2, 0) is 9.59 Å². The zero-order valence-corrected chi connectivity index (χ0v) is 6.06. The maximum atomic E-state index is 10.4. The van der Waals surface area contributed by atoms with Gasteiger partial charge in [0.25, 0.3) is 0 Å². The first-order chi connectivity index (χ1) is 5.43. The van der Waals surface area contributed by atoms with Gasteiger partial charge < -0.3 is 15.1 Å². The van der Waals surface area contributed by atoms with Gasteiger partial charge in [-0.3, -0.25) is 14.4 Å². The van der Waals surface area contributed by atoms with Crippen LogP contribution in [0.15, 0.2) is 0 Å². The Hall–Kier alpha value is -1.53. The van der Waals surface area contributed by atoms with E-state index in [0.717, 1.165) is 0 Å². The van der Waals surface area contributed by atoms with Crippen molar-refractivity contribution in [2.45, 2.75) is 0 Å². The van der Waals surface area contributed by atoms with Crippen molar-refractivity contribution in [1.82, 2.24) is 4.90 Å². The fourth-order valence-electron chi connectivity index (χ4n) is 0.538. The van der Waals surface area contributed by atoms with Crippen LogP contribution in [0.25, 0.3) is 0 Å². The van der Waals surface area contributed by atoms with Crippen molar-refractivity contribution in [3.05, 3.63) is 0 Å². The standard InChI is InChI=1S/C5H6BNO5/c6-5(12)7(1-3(8)9)2-4(10)11/h1-2H2,(H,8,9)(H,10,11). The van der Waals surface area contributed by atoms with Gasteiger partial charge in [0.1, 0.15) is 13.1 Å². The van der Waals surface area contributed by atoms with Crippen molar-refractivity contribution in [2.24, 2.45) is 0 Å². The lowest BCUT2D eigenvalue weighted by Crippen LogP contribution is -2.38. The van der Waals surface area contributed by atoms with Crippen molar-refractivity contribution < 1.29 is 24.6 Å². The highest BCUT2D eigenvalue weighted by Crippen LogP contribution is 1.88. The highest BCUT2D eigenvalue weighted by molar-refractivity contribution is 6.57. The van der Waals surface area contributed by atoms with E-state index in [9.17, 15) is 14.4 Å². The van der Waals surface area contributed by atoms with Gasteiger partial charge in [-0.2, -0.15) is 0 Å². The summed E-state index contributed by atoms with van der Waals surface area (Å²) in [7, 11) is 4.69. The van der Waals surface area contributed by atoms with E-state index in [1.807, 2.05) is 0 Å². The van der Waals surface area contributed by atoms with Gasteiger partial charge in [-0.1, -0.05) is 0 Å². The Balaban J connectivity index is 4.14. The number of carboxylic acid groups (broad SMARTS) is 2. The molecule has 2 radical (unpaired) electrons. The molecule has 0 aliphatic carbocycles. The van der Waals surface area contributed by atoms with Crippen molar-refractivity contribution in [2.75, 3.05) is 13.1 Å². The lowest BCUT2D eigenvalue weighted by Gasteiger charge is -2.15. The van der Waals surface area contributed by atoms with Crippen LogP contribution in [0, 0.1) is 0 Å². The second-order valence-electron chi connectivity index (χ2n) is 1.98. The van der Waals surface area contributed by atoms with Gasteiger partial charge >= 0.3 is 11.9 Å². The third-order valence-corrected chi connectivity index (χ3v) is 0.964. The summed E-state index contributed by atoms with van der Waals surface area (Å²) in [4.78, 5) is 31.0. The quantitative estimate of drug-likeness (QED) is 0.515. The third-order valence-electron chi connectivity index (χ3n) is 0.964. The fourth-order valence-corrected chi connectivity index (χ4v) is 0.538. The normalized spacial score (nSPS) is 9.00. The third kappa shape index (κ3) is 4.32. The lowest BCUT2D eigenvalue weighted by atomic mass is 10.1. The predicted octanol–water partition coefficient (Wildman–Crippen LogP) is -1.25. The largest absolute Gasteiger partial charge is 0.480 e. The number of nitrogens with zero attached hydrogens (tertiary/aromatic N) is 1. The lowest BCUT2D eigenvalue weighted by molar-refractivity contribution is -0.140. The van der Waals surface area contributed by atoms with E-state index in [1.165, 1.54) is 0 Å². The Morgan fingerprint density at radius 1 is 1.08 bits per heavy atom. The molecule has 0 saturated heterocycles. The van der Waals surface area contributed by atoms with Crippen LogP contribution in [0.5, 0.6) is 0 Å². The summed E-state index contributed by atoms with van der Waals surface area (Å²) < 4.78 is 0. The highest BCUT2D eigenvalue weighted by atomic mass is 16.4. The Bertz CT molecular complexity index is 200. The molecular weight excluding hydrogens is 165 g/mol. The first kappa shape index (κ1) is 10.5. The van der Waals surface area contributed by atoms with Crippen molar-refractivity contribution >= 4 is 25.6 Å². The molecule has 0 aromatic heterocycles. The molecule has 0 aliphatic rings. The maximum Gasteiger partial charge on any atom is 0.323 e. The molecule has 0 aliphatic heterocycles. The molecule has 0 rings (SSSR count). The zero-order valence-electron chi connectivity index (χ0n) is 6.06. The first-order valence-electron chi connectivity index (χ1n) is 2.91. The number of rotatable bonds is 4. The van der Waals surface area contributed by atoms with Gasteiger partial charge in [0.15, 0.2) is 5.81 Å². The number of hydrogen-bond acceptors (Lipinski definition) is 3. The molecule has 0 aromatic carbocycles. The van der Waals surface area contributed by atoms with Crippen LogP contribution in [0.2, 0.25) is 0 Å². The molecule has 0 heterocycles. The average molecular weight is 171 g/mol. The molecular formula is C5H6BNO5. The SMILES string of the molecule is [B]C(=O)N(CC(=O)O)CC(=O)O. The number of carboxylic acids is 2. The number of carbonyl (C=O) groups excluding carboxylic acids is 1. The average Bonchev–Trinajstić information content (AvgIpc) is 1.83. The molecule has 0 fully saturated rings. The number of carbonyl (C=O) groups is 3. The van der Waals surface area contributed by atoms with E-state index in [1.54, 1.807) is 0 Å². The predicted molar refractivity (Wildman–Crippen MR) is 38.0 cm³/mol. The van der Waals surface area contributed by atoms with Gasteiger partial charge in [-0.25, -0.2) is 0 Å². The summed E-state index contributed by atoms with van der Waals surface area (Å²) in [6.07, 6.45) is 0. The maximum absolute atomic E-state index is 10.4. The van der Waals surface area contributed by atoms with Crippen LogP contribution in [0.4, 0.5) is 4.79 Å². The van der Waals surface area contributed by atoms with Gasteiger partial charge in [0, 0.05) is 0 Å². The molecule has 0 spiro atoms. The molecule has 7 heteroatoms. The van der Waals surface area contributed by atoms with Crippen molar-refractivity contribution in [3.63, 3.8) is 0 Å². The Morgan fingerprint density at radius 3 is 1.58 bits per heavy atom. The Kier molecular flexibility index (Phi) is 3.82. The summed E-state index contributed by atoms with van der Waals surface area (Å²) in [6, 6.07) is 0. The van der Waals surface area contributed by atoms with Crippen LogP contribution in [0.3, 0.4) is 0 Å². The summed E-state index contributed by atoms with van der Waals surface area (Å²) in [5.41, 5.74) is 0. The minimum absolute atomic E-state index is 0.505. The smallest absolute Gasteiger partial charge is 0.323 e. The second kappa shape index (κ2) is 4.37. The van der Waals surface area contributed by atoms with E-state index in [-0.39, 0.29) is 0 Å². The molecule has 0 saturated carbocycles. The highest BCUT2D eigenvalue weighted by Gasteiger charge is 2.14. The number of aliphatic carboxylic acids is 2. The molecule has 12 heavy (non-hydrogen) atoms. The van der Waals surface area contributed by atoms with Crippen LogP contribution < -0.4 is 0 Å². The van der Waals surface area contributed by atoms with Gasteiger partial charge in [-0.15, -0.1) is 0 Å². The zero-order chi connectivity index (χ0) is 9.72. The second-order valence-corrected chi connectivity index (χ2v) is 1.98. The molecule has 6 nitrogen and oxygen atoms in total. The van der Waals surface area contributed by atoms with E-state index < -0.39 is 30.8 Å². The van der Waals surface area contributed by atoms with E-state index in [4.69, 9.17) is 18.1 Å². The first-order valence-corrected chi connectivity index (χ1v) is 2.91. The molecule has 0 bridgehead atoms. The van der Waals surface area contributed by atoms with Gasteiger partial charge in [0.05, 0.1) is 0 Å². The molecule has 2 N–H and O–H groups in total. The minimum atomic E-state index is -1.31.